The first-order valence-electron chi connectivity index (χ1n) is 8.12. The van der Waals surface area contributed by atoms with Gasteiger partial charge in [-0.3, -0.25) is 9.78 Å². The van der Waals surface area contributed by atoms with Gasteiger partial charge in [0.25, 0.3) is 5.91 Å². The maximum Gasteiger partial charge on any atom is 0.270 e. The Labute approximate surface area is 157 Å². The lowest BCUT2D eigenvalue weighted by molar-refractivity contribution is 0.0926. The molecule has 2 fully saturated rings. The zero-order valence-corrected chi connectivity index (χ0v) is 15.0. The third-order valence-corrected chi connectivity index (χ3v) is 5.11. The lowest BCUT2D eigenvalue weighted by Gasteiger charge is -2.21. The topological polar surface area (TPSA) is 67.2 Å². The van der Waals surface area contributed by atoms with Crippen LogP contribution in [0.25, 0.3) is 21.9 Å². The van der Waals surface area contributed by atoms with Gasteiger partial charge in [-0.25, -0.2) is 0 Å². The molecule has 1 amide bonds. The molecule has 5 rings (SSSR count). The van der Waals surface area contributed by atoms with Crippen molar-refractivity contribution in [2.24, 2.45) is 0 Å². The number of pyridine rings is 1. The van der Waals surface area contributed by atoms with Gasteiger partial charge in [0.15, 0.2) is 0 Å². The zero-order chi connectivity index (χ0) is 15.4. The Morgan fingerprint density at radius 3 is 2.76 bits per heavy atom. The summed E-state index contributed by atoms with van der Waals surface area (Å²) in [5.74, 6) is -0.119. The molecular weight excluding hydrogens is 361 g/mol. The van der Waals surface area contributed by atoms with E-state index >= 15 is 0 Å². The van der Waals surface area contributed by atoms with Crippen LogP contribution in [0.3, 0.4) is 0 Å². The smallest absolute Gasteiger partial charge is 0.270 e. The van der Waals surface area contributed by atoms with Crippen LogP contribution in [0.1, 0.15) is 29.8 Å². The van der Waals surface area contributed by atoms with Gasteiger partial charge in [-0.15, -0.1) is 24.8 Å². The number of nitrogens with one attached hydrogen (secondary N) is 2. The summed E-state index contributed by atoms with van der Waals surface area (Å²) in [6, 6.07) is 10.8. The van der Waals surface area contributed by atoms with Crippen molar-refractivity contribution in [2.45, 2.75) is 37.4 Å². The molecule has 0 radical (unpaired) electrons. The van der Waals surface area contributed by atoms with Gasteiger partial charge < -0.3 is 15.1 Å². The fourth-order valence-corrected chi connectivity index (χ4v) is 3.97. The molecule has 0 spiro atoms. The molecule has 1 aromatic carbocycles. The average Bonchev–Trinajstić information content (AvgIpc) is 3.27. The second-order valence-electron chi connectivity index (χ2n) is 6.53. The fourth-order valence-electron chi connectivity index (χ4n) is 3.97. The molecule has 3 atom stereocenters. The molecule has 132 valence electrons. The molecule has 4 heterocycles. The van der Waals surface area contributed by atoms with E-state index in [2.05, 4.69) is 15.6 Å². The Hall–Kier alpha value is -1.82. The molecule has 2 aromatic heterocycles. The van der Waals surface area contributed by atoms with Crippen molar-refractivity contribution < 1.29 is 9.21 Å². The van der Waals surface area contributed by atoms with Gasteiger partial charge in [-0.2, -0.15) is 0 Å². The highest BCUT2D eigenvalue weighted by molar-refractivity contribution is 6.06. The number of fused-ring (bicyclic) bond motifs is 5. The second kappa shape index (κ2) is 6.83. The Morgan fingerprint density at radius 1 is 1.16 bits per heavy atom. The minimum Gasteiger partial charge on any atom is -0.456 e. The molecule has 0 aliphatic carbocycles. The first-order valence-corrected chi connectivity index (χ1v) is 8.12. The Morgan fingerprint density at radius 2 is 2.00 bits per heavy atom. The predicted molar refractivity (Wildman–Crippen MR) is 102 cm³/mol. The van der Waals surface area contributed by atoms with E-state index < -0.39 is 0 Å². The summed E-state index contributed by atoms with van der Waals surface area (Å²) < 4.78 is 5.83. The monoisotopic (exact) mass is 379 g/mol. The first-order chi connectivity index (χ1) is 11.3. The standard InChI is InChI=1S/C18H17N3O2.2ClH/c22-18(21-14-7-10-5-6-13(14)20-10)15-8-17-12(9-19-15)11-3-1-2-4-16(11)23-17;;/h1-4,8-10,13-14,20H,5-7H2,(H,21,22);2*1H/t10?,13?,14-;;/m1../s1. The molecule has 2 bridgehead atoms. The highest BCUT2D eigenvalue weighted by Crippen LogP contribution is 2.30. The van der Waals surface area contributed by atoms with Gasteiger partial charge in [0.05, 0.1) is 0 Å². The summed E-state index contributed by atoms with van der Waals surface area (Å²) in [6.45, 7) is 0. The third kappa shape index (κ3) is 2.97. The van der Waals surface area contributed by atoms with Gasteiger partial charge >= 0.3 is 0 Å². The SMILES string of the molecule is Cl.Cl.O=C(N[C@@H]1CC2CCC1N2)c1cc2oc3ccccc3c2cn1. The Kier molecular flexibility index (Phi) is 4.91. The number of carbonyl (C=O) groups is 1. The van der Waals surface area contributed by atoms with Crippen LogP contribution in [-0.2, 0) is 0 Å². The van der Waals surface area contributed by atoms with Crippen LogP contribution in [0.2, 0.25) is 0 Å². The third-order valence-electron chi connectivity index (χ3n) is 5.11. The molecule has 2 N–H and O–H groups in total. The van der Waals surface area contributed by atoms with Crippen LogP contribution in [0.4, 0.5) is 0 Å². The van der Waals surface area contributed by atoms with E-state index in [1.165, 1.54) is 6.42 Å². The van der Waals surface area contributed by atoms with E-state index in [0.29, 0.717) is 23.4 Å². The number of benzene rings is 1. The normalized spacial score (nSPS) is 24.1. The average molecular weight is 380 g/mol. The molecule has 3 aromatic rings. The highest BCUT2D eigenvalue weighted by Gasteiger charge is 2.39. The number of aromatic nitrogens is 1. The first kappa shape index (κ1) is 18.0. The van der Waals surface area contributed by atoms with Crippen molar-refractivity contribution in [2.75, 3.05) is 0 Å². The van der Waals surface area contributed by atoms with E-state index in [1.807, 2.05) is 24.3 Å². The van der Waals surface area contributed by atoms with Crippen molar-refractivity contribution >= 4 is 52.7 Å². The Balaban J connectivity index is 0.000000911. The maximum atomic E-state index is 12.5. The van der Waals surface area contributed by atoms with Crippen LogP contribution in [0.15, 0.2) is 40.9 Å². The maximum absolute atomic E-state index is 12.5. The number of hydrogen-bond acceptors (Lipinski definition) is 4. The number of halogens is 2. The van der Waals surface area contributed by atoms with Gasteiger partial charge in [0.1, 0.15) is 16.9 Å². The number of rotatable bonds is 2. The summed E-state index contributed by atoms with van der Waals surface area (Å²) in [4.78, 5) is 16.8. The number of nitrogens with zero attached hydrogens (tertiary/aromatic N) is 1. The van der Waals surface area contributed by atoms with Gasteiger partial charge in [0, 0.05) is 41.2 Å². The zero-order valence-electron chi connectivity index (χ0n) is 13.4. The minimum atomic E-state index is -0.119. The predicted octanol–water partition coefficient (Wildman–Crippen LogP) is 3.45. The molecular formula is C18H19Cl2N3O2. The fraction of sp³-hybridized carbons (Fsp3) is 0.333. The van der Waals surface area contributed by atoms with E-state index in [9.17, 15) is 4.79 Å². The van der Waals surface area contributed by atoms with Crippen LogP contribution in [-0.4, -0.2) is 29.0 Å². The molecule has 2 aliphatic rings. The quantitative estimate of drug-likeness (QED) is 0.715. The molecule has 5 nitrogen and oxygen atoms in total. The van der Waals surface area contributed by atoms with E-state index in [-0.39, 0.29) is 36.8 Å². The summed E-state index contributed by atoms with van der Waals surface area (Å²) in [5.41, 5.74) is 1.94. The van der Waals surface area contributed by atoms with Crippen molar-refractivity contribution in [1.29, 1.82) is 0 Å². The van der Waals surface area contributed by atoms with Gasteiger partial charge in [0.2, 0.25) is 0 Å². The molecule has 2 aliphatic heterocycles. The summed E-state index contributed by atoms with van der Waals surface area (Å²) in [6.07, 6.45) is 5.12. The van der Waals surface area contributed by atoms with E-state index in [1.54, 1.807) is 12.3 Å². The van der Waals surface area contributed by atoms with Crippen LogP contribution in [0.5, 0.6) is 0 Å². The number of amides is 1. The molecule has 2 saturated heterocycles. The van der Waals surface area contributed by atoms with Crippen LogP contribution >= 0.6 is 24.8 Å². The lowest BCUT2D eigenvalue weighted by Crippen LogP contribution is -2.43. The molecule has 0 saturated carbocycles. The minimum absolute atomic E-state index is 0. The van der Waals surface area contributed by atoms with Crippen molar-refractivity contribution in [3.05, 3.63) is 42.2 Å². The lowest BCUT2D eigenvalue weighted by atomic mass is 9.95. The van der Waals surface area contributed by atoms with Crippen molar-refractivity contribution in [3.8, 4) is 0 Å². The van der Waals surface area contributed by atoms with Gasteiger partial charge in [-0.05, 0) is 25.3 Å². The number of carbonyl (C=O) groups excluding carboxylic acids is 1. The Bertz CT molecular complexity index is 927. The number of furan rings is 1. The molecule has 2 unspecified atom stereocenters. The molecule has 7 heteroatoms. The highest BCUT2D eigenvalue weighted by atomic mass is 35.5. The van der Waals surface area contributed by atoms with Crippen molar-refractivity contribution in [3.63, 3.8) is 0 Å². The largest absolute Gasteiger partial charge is 0.456 e. The van der Waals surface area contributed by atoms with Gasteiger partial charge in [-0.1, -0.05) is 18.2 Å². The number of para-hydroxylation sites is 1. The summed E-state index contributed by atoms with van der Waals surface area (Å²) >= 11 is 0. The van der Waals surface area contributed by atoms with Crippen molar-refractivity contribution in [1.82, 2.24) is 15.6 Å². The summed E-state index contributed by atoms with van der Waals surface area (Å²) in [5, 5.41) is 8.62. The van der Waals surface area contributed by atoms with E-state index in [4.69, 9.17) is 4.42 Å². The van der Waals surface area contributed by atoms with E-state index in [0.717, 1.165) is 29.2 Å². The molecule has 25 heavy (non-hydrogen) atoms. The number of hydrogen-bond donors (Lipinski definition) is 2. The van der Waals surface area contributed by atoms with Crippen LogP contribution in [0, 0.1) is 0 Å². The second-order valence-corrected chi connectivity index (χ2v) is 6.53. The van der Waals surface area contributed by atoms with Crippen LogP contribution < -0.4 is 10.6 Å². The summed E-state index contributed by atoms with van der Waals surface area (Å²) in [7, 11) is 0.